The lowest BCUT2D eigenvalue weighted by Gasteiger charge is -2.12. The summed E-state index contributed by atoms with van der Waals surface area (Å²) >= 11 is 0. The Hall–Kier alpha value is -3.19. The third-order valence-corrected chi connectivity index (χ3v) is 4.33. The van der Waals surface area contributed by atoms with Gasteiger partial charge in [0, 0.05) is 36.2 Å². The number of benzene rings is 1. The van der Waals surface area contributed by atoms with Crippen LogP contribution in [0.25, 0.3) is 10.4 Å². The summed E-state index contributed by atoms with van der Waals surface area (Å²) in [5, 5.41) is 4.02. The Kier molecular flexibility index (Phi) is 8.17. The lowest BCUT2D eigenvalue weighted by Crippen LogP contribution is -2.31. The Balaban J connectivity index is 1.59. The van der Waals surface area contributed by atoms with Gasteiger partial charge in [-0.15, -0.1) is 5.06 Å². The van der Waals surface area contributed by atoms with Crippen LogP contribution in [0, 0.1) is 0 Å². The zero-order valence-electron chi connectivity index (χ0n) is 15.5. The van der Waals surface area contributed by atoms with Gasteiger partial charge in [-0.05, 0) is 23.9 Å². The lowest BCUT2D eigenvalue weighted by molar-refractivity contribution is -0.197. The van der Waals surface area contributed by atoms with Gasteiger partial charge in [0.2, 0.25) is 0 Å². The van der Waals surface area contributed by atoms with E-state index in [1.54, 1.807) is 24.3 Å². The maximum atomic E-state index is 12.1. The number of nitrogens with zero attached hydrogens (tertiary/aromatic N) is 4. The third kappa shape index (κ3) is 6.51. The van der Waals surface area contributed by atoms with Crippen molar-refractivity contribution in [2.45, 2.75) is 57.9 Å². The highest BCUT2D eigenvalue weighted by atomic mass is 16.7. The van der Waals surface area contributed by atoms with Crippen molar-refractivity contribution < 1.29 is 24.0 Å². The molecule has 1 saturated heterocycles. The van der Waals surface area contributed by atoms with Crippen LogP contribution in [-0.2, 0) is 25.8 Å². The summed E-state index contributed by atoms with van der Waals surface area (Å²) in [7, 11) is 0. The first-order valence-corrected chi connectivity index (χ1v) is 9.21. The molecule has 0 N–H and O–H groups in total. The molecule has 0 radical (unpaired) electrons. The van der Waals surface area contributed by atoms with Crippen LogP contribution in [0.5, 0.6) is 0 Å². The minimum absolute atomic E-state index is 0.0424. The van der Waals surface area contributed by atoms with E-state index >= 15 is 0 Å². The van der Waals surface area contributed by atoms with E-state index in [2.05, 4.69) is 10.0 Å². The average Bonchev–Trinajstić information content (AvgIpc) is 3.01. The number of amides is 2. The SMILES string of the molecule is [N-]=[N+]=NCc1ccc(C(=O)CCCCCCC(=O)ON2C(=O)CCC2=O)cc1. The standard InChI is InChI=1S/C19H22N4O5/c20-22-21-13-14-7-9-15(10-8-14)16(24)5-3-1-2-4-6-19(27)28-23-17(25)11-12-18(23)26/h7-10H,1-6,11-13H2. The molecule has 0 spiro atoms. The number of carbonyl (C=O) groups is 4. The molecule has 0 unspecified atom stereocenters. The summed E-state index contributed by atoms with van der Waals surface area (Å²) in [6.07, 6.45) is 3.50. The number of hydroxylamine groups is 2. The van der Waals surface area contributed by atoms with Crippen molar-refractivity contribution >= 4 is 23.6 Å². The Morgan fingerprint density at radius 2 is 1.61 bits per heavy atom. The van der Waals surface area contributed by atoms with Gasteiger partial charge < -0.3 is 4.84 Å². The molecule has 1 fully saturated rings. The van der Waals surface area contributed by atoms with Gasteiger partial charge in [-0.3, -0.25) is 14.4 Å². The summed E-state index contributed by atoms with van der Waals surface area (Å²) in [5.74, 6) is -1.52. The maximum absolute atomic E-state index is 12.1. The quantitative estimate of drug-likeness (QED) is 0.143. The molecule has 1 aromatic rings. The number of rotatable bonds is 11. The number of Topliss-reactive ketones (excluding diaryl/α,β-unsaturated/α-hetero) is 1. The van der Waals surface area contributed by atoms with E-state index in [9.17, 15) is 19.2 Å². The maximum Gasteiger partial charge on any atom is 0.333 e. The summed E-state index contributed by atoms with van der Waals surface area (Å²) in [6.45, 7) is 0.257. The molecular formula is C19H22N4O5. The van der Waals surface area contributed by atoms with Crippen molar-refractivity contribution in [3.05, 3.63) is 45.8 Å². The van der Waals surface area contributed by atoms with Gasteiger partial charge in [0.25, 0.3) is 11.8 Å². The number of hydrogen-bond acceptors (Lipinski definition) is 6. The van der Waals surface area contributed by atoms with Crippen LogP contribution in [0.15, 0.2) is 29.4 Å². The summed E-state index contributed by atoms with van der Waals surface area (Å²) in [5.41, 5.74) is 9.76. The van der Waals surface area contributed by atoms with Crippen LogP contribution in [-0.4, -0.2) is 28.6 Å². The second-order valence-electron chi connectivity index (χ2n) is 6.47. The minimum Gasteiger partial charge on any atom is -0.330 e. The Bertz CT molecular complexity index is 768. The first kappa shape index (κ1) is 21.1. The third-order valence-electron chi connectivity index (χ3n) is 4.33. The zero-order chi connectivity index (χ0) is 20.4. The summed E-state index contributed by atoms with van der Waals surface area (Å²) in [4.78, 5) is 54.0. The number of imide groups is 1. The molecule has 2 rings (SSSR count). The van der Waals surface area contributed by atoms with Crippen molar-refractivity contribution in [1.29, 1.82) is 0 Å². The summed E-state index contributed by atoms with van der Waals surface area (Å²) in [6, 6.07) is 6.98. The van der Waals surface area contributed by atoms with Gasteiger partial charge in [0.05, 0.1) is 6.54 Å². The lowest BCUT2D eigenvalue weighted by atomic mass is 10.0. The Labute approximate surface area is 162 Å². The number of unbranched alkanes of at least 4 members (excludes halogenated alkanes) is 3. The Morgan fingerprint density at radius 1 is 1.00 bits per heavy atom. The molecule has 9 nitrogen and oxygen atoms in total. The van der Waals surface area contributed by atoms with Crippen LogP contribution in [0.4, 0.5) is 0 Å². The molecular weight excluding hydrogens is 364 g/mol. The van der Waals surface area contributed by atoms with Gasteiger partial charge in [-0.1, -0.05) is 42.2 Å². The van der Waals surface area contributed by atoms with Gasteiger partial charge in [-0.2, -0.15) is 0 Å². The number of hydrogen-bond donors (Lipinski definition) is 0. The van der Waals surface area contributed by atoms with E-state index < -0.39 is 17.8 Å². The highest BCUT2D eigenvalue weighted by molar-refractivity contribution is 6.01. The smallest absolute Gasteiger partial charge is 0.330 e. The van der Waals surface area contributed by atoms with Crippen LogP contribution in [0.2, 0.25) is 0 Å². The first-order chi connectivity index (χ1) is 13.5. The molecule has 0 saturated carbocycles. The first-order valence-electron chi connectivity index (χ1n) is 9.21. The van der Waals surface area contributed by atoms with E-state index in [1.807, 2.05) is 0 Å². The largest absolute Gasteiger partial charge is 0.333 e. The zero-order valence-corrected chi connectivity index (χ0v) is 15.5. The summed E-state index contributed by atoms with van der Waals surface area (Å²) < 4.78 is 0. The van der Waals surface area contributed by atoms with E-state index in [4.69, 9.17) is 10.4 Å². The van der Waals surface area contributed by atoms with Crippen molar-refractivity contribution in [1.82, 2.24) is 5.06 Å². The molecule has 1 aliphatic rings. The number of carbonyl (C=O) groups excluding carboxylic acids is 4. The molecule has 0 bridgehead atoms. The molecule has 0 aromatic heterocycles. The van der Waals surface area contributed by atoms with Gasteiger partial charge in [-0.25, -0.2) is 4.79 Å². The highest BCUT2D eigenvalue weighted by Crippen LogP contribution is 2.15. The van der Waals surface area contributed by atoms with Crippen molar-refractivity contribution in [2.24, 2.45) is 5.11 Å². The predicted octanol–water partition coefficient (Wildman–Crippen LogP) is 3.63. The van der Waals surface area contributed by atoms with E-state index in [-0.39, 0.29) is 31.6 Å². The minimum atomic E-state index is -0.597. The van der Waals surface area contributed by atoms with Gasteiger partial charge in [0.1, 0.15) is 0 Å². The van der Waals surface area contributed by atoms with Crippen LogP contribution in [0.1, 0.15) is 67.3 Å². The second-order valence-corrected chi connectivity index (χ2v) is 6.47. The van der Waals surface area contributed by atoms with Crippen molar-refractivity contribution in [2.75, 3.05) is 0 Å². The molecule has 0 aliphatic carbocycles. The molecule has 1 aliphatic heterocycles. The van der Waals surface area contributed by atoms with Gasteiger partial charge >= 0.3 is 5.97 Å². The molecule has 148 valence electrons. The fourth-order valence-electron chi connectivity index (χ4n) is 2.77. The molecule has 28 heavy (non-hydrogen) atoms. The Morgan fingerprint density at radius 3 is 2.21 bits per heavy atom. The molecule has 9 heteroatoms. The average molecular weight is 386 g/mol. The molecule has 1 heterocycles. The van der Waals surface area contributed by atoms with Crippen LogP contribution < -0.4 is 0 Å². The monoisotopic (exact) mass is 386 g/mol. The molecule has 2 amide bonds. The van der Waals surface area contributed by atoms with E-state index in [0.717, 1.165) is 18.4 Å². The normalized spacial score (nSPS) is 13.4. The van der Waals surface area contributed by atoms with Gasteiger partial charge in [0.15, 0.2) is 5.78 Å². The van der Waals surface area contributed by atoms with Crippen molar-refractivity contribution in [3.8, 4) is 0 Å². The van der Waals surface area contributed by atoms with E-state index in [0.29, 0.717) is 29.9 Å². The second kappa shape index (κ2) is 10.8. The predicted molar refractivity (Wildman–Crippen MR) is 98.5 cm³/mol. The molecule has 1 aromatic carbocycles. The molecule has 0 atom stereocenters. The van der Waals surface area contributed by atoms with Crippen molar-refractivity contribution in [3.63, 3.8) is 0 Å². The van der Waals surface area contributed by atoms with Crippen LogP contribution >= 0.6 is 0 Å². The fraction of sp³-hybridized carbons (Fsp3) is 0.474. The number of azide groups is 1. The highest BCUT2D eigenvalue weighted by Gasteiger charge is 2.32. The fourth-order valence-corrected chi connectivity index (χ4v) is 2.77. The topological polar surface area (TPSA) is 130 Å². The number of ketones is 1. The van der Waals surface area contributed by atoms with Crippen LogP contribution in [0.3, 0.4) is 0 Å². The van der Waals surface area contributed by atoms with E-state index in [1.165, 1.54) is 0 Å².